The number of likely N-dealkylation sites (tertiary alicyclic amines) is 1. The highest BCUT2D eigenvalue weighted by molar-refractivity contribution is 8.00. The van der Waals surface area contributed by atoms with Crippen LogP contribution in [0.2, 0.25) is 0 Å². The van der Waals surface area contributed by atoms with E-state index in [1.165, 1.54) is 10.6 Å². The van der Waals surface area contributed by atoms with Gasteiger partial charge in [0.05, 0.1) is 18.3 Å². The minimum atomic E-state index is -4.53. The number of aryl methyl sites for hydroxylation is 1. The second-order valence-corrected chi connectivity index (χ2v) is 10.1. The largest absolute Gasteiger partial charge is 0.447 e. The molecule has 0 radical (unpaired) electrons. The fourth-order valence-corrected chi connectivity index (χ4v) is 5.04. The lowest BCUT2D eigenvalue weighted by atomic mass is 10.1. The van der Waals surface area contributed by atoms with Crippen LogP contribution in [0.1, 0.15) is 23.7 Å². The molecule has 0 amide bonds. The molecule has 3 aromatic rings. The van der Waals surface area contributed by atoms with Crippen LogP contribution in [-0.4, -0.2) is 65.7 Å². The van der Waals surface area contributed by atoms with Crippen LogP contribution in [0.4, 0.5) is 28.9 Å². The number of anilines is 2. The molecule has 3 heterocycles. The third-order valence-electron chi connectivity index (χ3n) is 6.31. The van der Waals surface area contributed by atoms with Crippen molar-refractivity contribution in [2.75, 3.05) is 44.4 Å². The van der Waals surface area contributed by atoms with Crippen molar-refractivity contribution in [1.82, 2.24) is 19.6 Å². The van der Waals surface area contributed by atoms with Gasteiger partial charge in [-0.15, -0.1) is 0 Å². The van der Waals surface area contributed by atoms with Crippen LogP contribution in [0.3, 0.4) is 0 Å². The van der Waals surface area contributed by atoms with E-state index < -0.39 is 17.7 Å². The predicted molar refractivity (Wildman–Crippen MR) is 146 cm³/mol. The lowest BCUT2D eigenvalue weighted by Crippen LogP contribution is -2.29. The Morgan fingerprint density at radius 2 is 2.03 bits per heavy atom. The number of rotatable bonds is 8. The zero-order valence-electron chi connectivity index (χ0n) is 21.4. The Bertz CT molecular complexity index is 1370. The van der Waals surface area contributed by atoms with Crippen LogP contribution in [0.15, 0.2) is 48.1 Å². The van der Waals surface area contributed by atoms with Gasteiger partial charge in [-0.1, -0.05) is 31.6 Å². The first-order valence-corrected chi connectivity index (χ1v) is 13.0. The molecular formula is C27H30F4N6S. The Balaban J connectivity index is 1.62. The Morgan fingerprint density at radius 3 is 2.68 bits per heavy atom. The molecule has 6 nitrogen and oxygen atoms in total. The van der Waals surface area contributed by atoms with Crippen molar-refractivity contribution in [3.05, 3.63) is 59.9 Å². The Labute approximate surface area is 223 Å². The van der Waals surface area contributed by atoms with E-state index in [-0.39, 0.29) is 34.7 Å². The molecule has 2 unspecified atom stereocenters. The van der Waals surface area contributed by atoms with Gasteiger partial charge in [-0.2, -0.15) is 13.2 Å². The van der Waals surface area contributed by atoms with Crippen molar-refractivity contribution < 1.29 is 17.6 Å². The molecule has 3 N–H and O–H groups in total. The summed E-state index contributed by atoms with van der Waals surface area (Å²) in [5.41, 5.74) is -0.134. The van der Waals surface area contributed by atoms with Crippen molar-refractivity contribution in [2.45, 2.75) is 36.1 Å². The van der Waals surface area contributed by atoms with E-state index in [0.717, 1.165) is 28.9 Å². The summed E-state index contributed by atoms with van der Waals surface area (Å²) >= 11 is -0.265. The summed E-state index contributed by atoms with van der Waals surface area (Å²) in [5, 5.41) is 9.27. The van der Waals surface area contributed by atoms with E-state index in [4.69, 9.17) is 0 Å². The fraction of sp³-hybridized carbons (Fsp3) is 0.370. The molecule has 1 fully saturated rings. The van der Waals surface area contributed by atoms with E-state index >= 15 is 0 Å². The minimum absolute atomic E-state index is 0.0109. The van der Waals surface area contributed by atoms with Gasteiger partial charge in [-0.25, -0.2) is 9.37 Å². The molecule has 0 saturated carbocycles. The Morgan fingerprint density at radius 1 is 1.24 bits per heavy atom. The highest BCUT2D eigenvalue weighted by Gasteiger charge is 2.34. The van der Waals surface area contributed by atoms with Crippen LogP contribution >= 0.6 is 11.8 Å². The number of aromatic nitrogens is 2. The highest BCUT2D eigenvalue weighted by Crippen LogP contribution is 2.39. The van der Waals surface area contributed by atoms with Gasteiger partial charge >= 0.3 is 5.51 Å². The number of imidazole rings is 1. The Hall–Kier alpha value is -3.36. The lowest BCUT2D eigenvalue weighted by Gasteiger charge is -2.16. The fourth-order valence-electron chi connectivity index (χ4n) is 4.38. The van der Waals surface area contributed by atoms with Gasteiger partial charge in [-0.05, 0) is 48.7 Å². The zero-order valence-corrected chi connectivity index (χ0v) is 22.2. The van der Waals surface area contributed by atoms with Gasteiger partial charge < -0.3 is 20.9 Å². The van der Waals surface area contributed by atoms with E-state index in [0.29, 0.717) is 18.8 Å². The summed E-state index contributed by atoms with van der Waals surface area (Å²) in [6.45, 7) is 7.00. The summed E-state index contributed by atoms with van der Waals surface area (Å²) in [5.74, 6) is 5.73. The molecule has 0 spiro atoms. The normalized spacial score (nSPS) is 17.8. The maximum Gasteiger partial charge on any atom is 0.447 e. The van der Waals surface area contributed by atoms with Crippen molar-refractivity contribution in [1.29, 1.82) is 0 Å². The van der Waals surface area contributed by atoms with Crippen LogP contribution in [0.5, 0.6) is 0 Å². The maximum atomic E-state index is 14.4. The Kier molecular flexibility index (Phi) is 8.43. The van der Waals surface area contributed by atoms with Gasteiger partial charge in [0.1, 0.15) is 16.9 Å². The van der Waals surface area contributed by atoms with E-state index in [1.54, 1.807) is 19.2 Å². The number of fused-ring (bicyclic) bond motifs is 1. The molecule has 0 bridgehead atoms. The summed E-state index contributed by atoms with van der Waals surface area (Å²) < 4.78 is 56.1. The van der Waals surface area contributed by atoms with Crippen LogP contribution < -0.4 is 16.0 Å². The number of benzene rings is 1. The number of nitrogens with one attached hydrogen (secondary N) is 3. The number of halogens is 4. The van der Waals surface area contributed by atoms with Crippen LogP contribution in [-0.2, 0) is 6.42 Å². The average molecular weight is 547 g/mol. The van der Waals surface area contributed by atoms with Crippen LogP contribution in [0.25, 0.3) is 11.3 Å². The zero-order chi connectivity index (χ0) is 27.4. The molecule has 1 aliphatic heterocycles. The second-order valence-electron chi connectivity index (χ2n) is 9.03. The maximum absolute atomic E-state index is 14.4. The number of alkyl halides is 4. The number of likely N-dealkylation sites (N-methyl/N-ethyl adjacent to an activating group) is 1. The van der Waals surface area contributed by atoms with Gasteiger partial charge in [0.25, 0.3) is 0 Å². The summed E-state index contributed by atoms with van der Waals surface area (Å²) in [6, 6.07) is 8.76. The first-order valence-electron chi connectivity index (χ1n) is 12.2. The molecule has 1 aliphatic rings. The molecule has 4 rings (SSSR count). The lowest BCUT2D eigenvalue weighted by molar-refractivity contribution is -0.0329. The average Bonchev–Trinajstić information content (AvgIpc) is 3.38. The molecule has 2 aromatic heterocycles. The van der Waals surface area contributed by atoms with Crippen molar-refractivity contribution in [3.63, 3.8) is 0 Å². The van der Waals surface area contributed by atoms with E-state index in [1.807, 2.05) is 37.1 Å². The topological polar surface area (TPSA) is 56.6 Å². The van der Waals surface area contributed by atoms with Crippen molar-refractivity contribution in [3.8, 4) is 11.8 Å². The third kappa shape index (κ3) is 6.37. The first-order chi connectivity index (χ1) is 18.1. The van der Waals surface area contributed by atoms with Gasteiger partial charge in [0.2, 0.25) is 0 Å². The molecule has 2 atom stereocenters. The molecule has 11 heteroatoms. The van der Waals surface area contributed by atoms with Gasteiger partial charge in [0.15, 0.2) is 5.65 Å². The van der Waals surface area contributed by atoms with Crippen molar-refractivity contribution in [2.24, 2.45) is 0 Å². The van der Waals surface area contributed by atoms with Gasteiger partial charge in [-0.3, -0.25) is 4.40 Å². The minimum Gasteiger partial charge on any atom is -0.388 e. The second kappa shape index (κ2) is 11.6. The number of pyridine rings is 1. The number of hydrogen-bond acceptors (Lipinski definition) is 6. The molecule has 1 aromatic carbocycles. The third-order valence-corrected chi connectivity index (χ3v) is 7.12. The number of nitrogens with zero attached hydrogens (tertiary/aromatic N) is 3. The van der Waals surface area contributed by atoms with E-state index in [2.05, 4.69) is 39.4 Å². The number of hydrogen-bond donors (Lipinski definition) is 3. The molecular weight excluding hydrogens is 516 g/mol. The van der Waals surface area contributed by atoms with Crippen molar-refractivity contribution >= 4 is 34.5 Å². The van der Waals surface area contributed by atoms with Gasteiger partial charge in [0, 0.05) is 49.5 Å². The number of thioether (sulfide) groups is 1. The van der Waals surface area contributed by atoms with Crippen LogP contribution in [0, 0.1) is 11.8 Å². The molecule has 0 aliphatic carbocycles. The molecule has 38 heavy (non-hydrogen) atoms. The SMILES string of the molecule is C=C(NC)c1ccc(CC)c(NCC#Cc2nc3c(NC4CN(C)CC4F)cccn3c2SC(F)(F)F)c1. The smallest absolute Gasteiger partial charge is 0.388 e. The predicted octanol–water partition coefficient (Wildman–Crippen LogP) is 5.23. The molecule has 1 saturated heterocycles. The quantitative estimate of drug-likeness (QED) is 0.205. The summed E-state index contributed by atoms with van der Waals surface area (Å²) in [7, 11) is 3.62. The highest BCUT2D eigenvalue weighted by atomic mass is 32.2. The first kappa shape index (κ1) is 27.7. The van der Waals surface area contributed by atoms with E-state index in [9.17, 15) is 17.6 Å². The standard InChI is InChI=1S/C27H30F4N6S/c1-5-18-10-11-19(17(2)32-3)14-23(18)33-12-6-8-22-26(38-27(29,30)31)37-13-7-9-21(25(37)35-22)34-24-16-36(4)15-20(24)28/h7,9-11,13-14,20,24,32-34H,2,5,12,15-16H2,1,3-4H3. The summed E-state index contributed by atoms with van der Waals surface area (Å²) in [6.07, 6.45) is 1.21. The molecule has 202 valence electrons. The monoisotopic (exact) mass is 546 g/mol. The summed E-state index contributed by atoms with van der Waals surface area (Å²) in [4.78, 5) is 6.29.